The summed E-state index contributed by atoms with van der Waals surface area (Å²) in [6.07, 6.45) is 1.99. The molecule has 1 aliphatic rings. The molecule has 8 aromatic rings. The Morgan fingerprint density at radius 3 is 1.98 bits per heavy atom. The maximum Gasteiger partial charge on any atom is 2.00 e. The van der Waals surface area contributed by atoms with Gasteiger partial charge in [0.1, 0.15) is 0 Å². The number of para-hydroxylation sites is 1. The number of amides is 1. The second-order valence-corrected chi connectivity index (χ2v) is 14.7. The van der Waals surface area contributed by atoms with E-state index in [-0.39, 0.29) is 35.4 Å². The van der Waals surface area contributed by atoms with Gasteiger partial charge in [-0.3, -0.25) is 9.89 Å². The number of benzene rings is 7. The molecule has 0 bridgehead atoms. The summed E-state index contributed by atoms with van der Waals surface area (Å²) in [6, 6.07) is 46.7. The van der Waals surface area contributed by atoms with Gasteiger partial charge in [0.05, 0.1) is 11.6 Å². The molecule has 0 saturated carbocycles. The number of aliphatic imine (C=N–C) groups is 1. The molecule has 1 amide bonds. The van der Waals surface area contributed by atoms with Crippen LogP contribution in [0.25, 0.3) is 48.9 Å². The minimum absolute atomic E-state index is 0. The van der Waals surface area contributed by atoms with Gasteiger partial charge in [0, 0.05) is 53.7 Å². The van der Waals surface area contributed by atoms with Crippen molar-refractivity contribution in [3.63, 3.8) is 0 Å². The minimum Gasteiger partial charge on any atom is -0.625 e. The van der Waals surface area contributed by atoms with Gasteiger partial charge in [-0.25, -0.2) is 4.79 Å². The number of carboxylic acid groups (broad SMARTS) is 1. The number of hydrogen-bond donors (Lipinski definition) is 2. The quantitative estimate of drug-likeness (QED) is 0.112. The summed E-state index contributed by atoms with van der Waals surface area (Å²) >= 11 is 6.61. The van der Waals surface area contributed by atoms with Gasteiger partial charge in [-0.1, -0.05) is 139 Å². The Bertz CT molecular complexity index is 2750. The maximum absolute atomic E-state index is 14.1. The first-order valence-electron chi connectivity index (χ1n) is 18.6. The van der Waals surface area contributed by atoms with Gasteiger partial charge in [0.15, 0.2) is 6.04 Å². The van der Waals surface area contributed by atoms with E-state index < -0.39 is 12.0 Å². The molecule has 0 aliphatic carbocycles. The molecular formula is C48H36ClN4NiO3+. The molecular weight excluding hydrogens is 775 g/mol. The number of carbonyl (C=O) groups excluding carboxylic acids is 1. The van der Waals surface area contributed by atoms with Crippen molar-refractivity contribution in [1.82, 2.24) is 9.88 Å². The first-order chi connectivity index (χ1) is 27.4. The van der Waals surface area contributed by atoms with E-state index in [0.29, 0.717) is 40.6 Å². The van der Waals surface area contributed by atoms with Gasteiger partial charge in [-0.2, -0.15) is 0 Å². The zero-order valence-corrected chi connectivity index (χ0v) is 32.4. The monoisotopic (exact) mass is 809 g/mol. The van der Waals surface area contributed by atoms with Crippen LogP contribution in [0.1, 0.15) is 27.8 Å². The summed E-state index contributed by atoms with van der Waals surface area (Å²) in [7, 11) is 0. The molecule has 2 N–H and O–H groups in total. The number of nitrogens with one attached hydrogen (secondary N) is 1. The van der Waals surface area contributed by atoms with Crippen molar-refractivity contribution in [3.05, 3.63) is 190 Å². The van der Waals surface area contributed by atoms with Crippen LogP contribution in [0.2, 0.25) is 5.02 Å². The van der Waals surface area contributed by atoms with Crippen LogP contribution in [-0.2, 0) is 45.6 Å². The Morgan fingerprint density at radius 2 is 1.33 bits per heavy atom. The zero-order valence-electron chi connectivity index (χ0n) is 30.6. The molecule has 0 fully saturated rings. The number of rotatable bonds is 9. The number of halogens is 1. The number of aromatic amines is 1. The van der Waals surface area contributed by atoms with Crippen LogP contribution in [0, 0.1) is 0 Å². The van der Waals surface area contributed by atoms with E-state index in [9.17, 15) is 14.7 Å². The molecule has 7 aromatic carbocycles. The first-order valence-corrected chi connectivity index (χ1v) is 19.0. The Balaban J connectivity index is 0.00000455. The zero-order chi connectivity index (χ0) is 38.2. The van der Waals surface area contributed by atoms with Crippen molar-refractivity contribution in [1.29, 1.82) is 0 Å². The van der Waals surface area contributed by atoms with Gasteiger partial charge >= 0.3 is 22.5 Å². The van der Waals surface area contributed by atoms with Gasteiger partial charge in [-0.15, -0.1) is 5.69 Å². The van der Waals surface area contributed by atoms with Gasteiger partial charge in [0.2, 0.25) is 0 Å². The fraction of sp³-hybridized carbons (Fsp3) is 0.104. The van der Waals surface area contributed by atoms with Crippen LogP contribution in [0.3, 0.4) is 0 Å². The predicted octanol–water partition coefficient (Wildman–Crippen LogP) is 10.9. The van der Waals surface area contributed by atoms with E-state index in [0.717, 1.165) is 27.6 Å². The van der Waals surface area contributed by atoms with E-state index in [1.165, 1.54) is 32.7 Å². The molecule has 9 heteroatoms. The topological polar surface area (TPSA) is 99.9 Å². The molecule has 9 rings (SSSR count). The molecule has 2 heterocycles. The molecule has 1 atom stereocenters. The number of carboxylic acids is 1. The third-order valence-corrected chi connectivity index (χ3v) is 10.8. The van der Waals surface area contributed by atoms with Crippen LogP contribution < -0.4 is 0 Å². The normalized spacial score (nSPS) is 13.4. The van der Waals surface area contributed by atoms with Crippen molar-refractivity contribution >= 4 is 67.3 Å². The number of fused-ring (bicyclic) bond motifs is 8. The van der Waals surface area contributed by atoms with Crippen molar-refractivity contribution < 1.29 is 31.2 Å². The Hall–Kier alpha value is -6.05. The van der Waals surface area contributed by atoms with E-state index in [1.54, 1.807) is 18.2 Å². The second kappa shape index (κ2) is 16.2. The van der Waals surface area contributed by atoms with Gasteiger partial charge in [0.25, 0.3) is 0 Å². The number of aliphatic carboxylic acids is 1. The van der Waals surface area contributed by atoms with Crippen molar-refractivity contribution in [2.75, 3.05) is 6.54 Å². The summed E-state index contributed by atoms with van der Waals surface area (Å²) in [6.45, 7) is 1.18. The third-order valence-electron chi connectivity index (χ3n) is 10.6. The predicted molar refractivity (Wildman–Crippen MR) is 226 cm³/mol. The summed E-state index contributed by atoms with van der Waals surface area (Å²) < 4.78 is 0. The maximum atomic E-state index is 14.1. The number of aromatic nitrogens is 1. The standard InChI is InChI=1S/C48H37ClN4O3.Ni/c49-36-22-23-42(40(25-36)47(32-12-2-1-3-13-32)52-43(48(55)56)24-35-26-50-41-17-9-8-14-37(35)41)51-44(54)29-53-27-33-20-18-30-10-4-6-15-38(30)45(33)46-34(28-53)21-19-31-11-5-7-16-39(31)46;/h1-23,25-26,43,50H,24,27-29H2,(H2,51,52,54,55,56);/q;+2/p-1/t43-;/m0./s1. The molecule has 7 nitrogen and oxygen atoms in total. The first kappa shape index (κ1) is 37.9. The average Bonchev–Trinajstić information content (AvgIpc) is 3.54. The van der Waals surface area contributed by atoms with E-state index in [4.69, 9.17) is 16.6 Å². The van der Waals surface area contributed by atoms with Crippen molar-refractivity contribution in [2.24, 2.45) is 4.99 Å². The number of hydrogen-bond acceptors (Lipinski definition) is 4. The van der Waals surface area contributed by atoms with Crippen molar-refractivity contribution in [3.8, 4) is 11.1 Å². The van der Waals surface area contributed by atoms with Gasteiger partial charge < -0.3 is 20.2 Å². The summed E-state index contributed by atoms with van der Waals surface area (Å²) in [5.74, 6) is -1.40. The molecule has 0 saturated heterocycles. The van der Waals surface area contributed by atoms with Crippen LogP contribution >= 0.6 is 11.6 Å². The summed E-state index contributed by atoms with van der Waals surface area (Å²) in [4.78, 5) is 37.2. The molecule has 0 unspecified atom stereocenters. The smallest absolute Gasteiger partial charge is 0.625 e. The van der Waals surface area contributed by atoms with Gasteiger partial charge in [-0.05, 0) is 73.1 Å². The Labute approximate surface area is 344 Å². The molecule has 1 aliphatic heterocycles. The van der Waals surface area contributed by atoms with Crippen molar-refractivity contribution in [2.45, 2.75) is 25.6 Å². The molecule has 0 radical (unpaired) electrons. The number of H-pyrrole nitrogens is 1. The molecule has 282 valence electrons. The second-order valence-electron chi connectivity index (χ2n) is 14.2. The number of carbonyl (C=O) groups is 2. The molecule has 57 heavy (non-hydrogen) atoms. The SMILES string of the molecule is O=C(CN1Cc2ccc3ccccc3c2-c2c(ccc3ccccc23)C1)[N-]c1ccc(Cl)cc1C(=N[C@@H](Cc1c[nH]c2ccccc12)C(=O)O)c1ccccc1.[Ni+2]. The third kappa shape index (κ3) is 7.60. The van der Waals surface area contributed by atoms with Crippen LogP contribution in [-0.4, -0.2) is 45.2 Å². The van der Waals surface area contributed by atoms with Crippen LogP contribution in [0.15, 0.2) is 157 Å². The van der Waals surface area contributed by atoms with Crippen LogP contribution in [0.5, 0.6) is 0 Å². The fourth-order valence-corrected chi connectivity index (χ4v) is 8.21. The number of nitrogens with zero attached hydrogens (tertiary/aromatic N) is 3. The Morgan fingerprint density at radius 1 is 0.737 bits per heavy atom. The fourth-order valence-electron chi connectivity index (χ4n) is 8.04. The van der Waals surface area contributed by atoms with Crippen LogP contribution in [0.4, 0.5) is 5.69 Å². The van der Waals surface area contributed by atoms with E-state index in [1.807, 2.05) is 60.8 Å². The Kier molecular flexibility index (Phi) is 10.8. The minimum atomic E-state index is -1.13. The van der Waals surface area contributed by atoms with E-state index in [2.05, 4.69) is 88.0 Å². The average molecular weight is 811 g/mol. The van der Waals surface area contributed by atoms with E-state index >= 15 is 0 Å². The summed E-state index contributed by atoms with van der Waals surface area (Å²) in [5, 5.41) is 21.2. The largest absolute Gasteiger partial charge is 2.00 e. The molecule has 1 aromatic heterocycles. The molecule has 0 spiro atoms. The summed E-state index contributed by atoms with van der Waals surface area (Å²) in [5.41, 5.74) is 8.38.